The van der Waals surface area contributed by atoms with Gasteiger partial charge in [-0.1, -0.05) is 37.3 Å². The Hall–Kier alpha value is -0.550. The Bertz CT molecular complexity index is 417. The third-order valence-electron chi connectivity index (χ3n) is 4.62. The van der Waals surface area contributed by atoms with Gasteiger partial charge in [0.1, 0.15) is 0 Å². The van der Waals surface area contributed by atoms with Crippen molar-refractivity contribution in [2.24, 2.45) is 5.73 Å². The molecular weight excluding hydrogens is 270 g/mol. The van der Waals surface area contributed by atoms with E-state index >= 15 is 0 Å². The van der Waals surface area contributed by atoms with Gasteiger partial charge in [-0.05, 0) is 25.7 Å². The van der Waals surface area contributed by atoms with Crippen molar-refractivity contribution >= 4 is 11.8 Å². The summed E-state index contributed by atoms with van der Waals surface area (Å²) in [4.78, 5) is 4.59. The Morgan fingerprint density at radius 2 is 1.80 bits per heavy atom. The molecule has 0 saturated heterocycles. The highest BCUT2D eigenvalue weighted by Gasteiger charge is 2.28. The molecule has 2 unspecified atom stereocenters. The summed E-state index contributed by atoms with van der Waals surface area (Å²) in [5, 5.41) is 4.94. The number of rotatable bonds is 4. The summed E-state index contributed by atoms with van der Waals surface area (Å²) in [6.07, 6.45) is 11.5. The summed E-state index contributed by atoms with van der Waals surface area (Å²) < 4.78 is 5.46. The second kappa shape index (κ2) is 6.94. The Kier molecular flexibility index (Phi) is 4.99. The molecule has 0 spiro atoms. The van der Waals surface area contributed by atoms with Crippen LogP contribution in [0.4, 0.5) is 0 Å². The highest BCUT2D eigenvalue weighted by molar-refractivity contribution is 7.99. The zero-order valence-electron chi connectivity index (χ0n) is 12.1. The first-order chi connectivity index (χ1) is 9.83. The molecule has 2 aliphatic rings. The lowest BCUT2D eigenvalue weighted by Crippen LogP contribution is -2.31. The van der Waals surface area contributed by atoms with Crippen LogP contribution in [0.2, 0.25) is 0 Å². The molecule has 0 radical (unpaired) electrons. The van der Waals surface area contributed by atoms with Gasteiger partial charge in [0.05, 0.1) is 11.7 Å². The average molecular weight is 295 g/mol. The predicted octanol–water partition coefficient (Wildman–Crippen LogP) is 3.62. The first-order valence-electron chi connectivity index (χ1n) is 8.02. The lowest BCUT2D eigenvalue weighted by Gasteiger charge is -2.25. The number of nitrogens with zero attached hydrogens (tertiary/aromatic N) is 2. The van der Waals surface area contributed by atoms with E-state index < -0.39 is 0 Å². The molecule has 112 valence electrons. The normalized spacial score (nSPS) is 28.6. The minimum absolute atomic E-state index is 0.197. The topological polar surface area (TPSA) is 64.9 Å². The van der Waals surface area contributed by atoms with Crippen LogP contribution in [-0.4, -0.2) is 21.4 Å². The van der Waals surface area contributed by atoms with Gasteiger partial charge >= 0.3 is 0 Å². The van der Waals surface area contributed by atoms with Crippen LogP contribution in [0.5, 0.6) is 0 Å². The maximum absolute atomic E-state index is 6.18. The molecule has 2 saturated carbocycles. The Morgan fingerprint density at radius 1 is 1.05 bits per heavy atom. The molecule has 0 amide bonds. The predicted molar refractivity (Wildman–Crippen MR) is 81.7 cm³/mol. The molecule has 2 fully saturated rings. The van der Waals surface area contributed by atoms with Crippen LogP contribution < -0.4 is 5.73 Å². The van der Waals surface area contributed by atoms with Gasteiger partial charge in [0, 0.05) is 11.3 Å². The van der Waals surface area contributed by atoms with Gasteiger partial charge in [0.2, 0.25) is 5.89 Å². The fraction of sp³-hybridized carbons (Fsp3) is 0.867. The molecule has 2 aliphatic carbocycles. The molecule has 2 N–H and O–H groups in total. The van der Waals surface area contributed by atoms with E-state index in [1.165, 1.54) is 44.9 Å². The molecule has 1 aromatic heterocycles. The molecule has 0 aliphatic heterocycles. The van der Waals surface area contributed by atoms with Crippen molar-refractivity contribution in [3.63, 3.8) is 0 Å². The third kappa shape index (κ3) is 3.55. The molecule has 0 bridgehead atoms. The van der Waals surface area contributed by atoms with Crippen LogP contribution in [0.1, 0.15) is 75.4 Å². The van der Waals surface area contributed by atoms with E-state index in [1.807, 2.05) is 11.8 Å². The van der Waals surface area contributed by atoms with Crippen molar-refractivity contribution in [1.29, 1.82) is 0 Å². The van der Waals surface area contributed by atoms with Crippen LogP contribution in [0.15, 0.2) is 4.52 Å². The molecule has 1 heterocycles. The Labute approximate surface area is 125 Å². The highest BCUT2D eigenvalue weighted by atomic mass is 32.2. The van der Waals surface area contributed by atoms with E-state index in [2.05, 4.69) is 10.1 Å². The maximum atomic E-state index is 6.18. The second-order valence-electron chi connectivity index (χ2n) is 6.17. The Morgan fingerprint density at radius 3 is 2.60 bits per heavy atom. The van der Waals surface area contributed by atoms with Gasteiger partial charge in [0.25, 0.3) is 0 Å². The maximum Gasteiger partial charge on any atom is 0.231 e. The molecule has 0 aromatic carbocycles. The summed E-state index contributed by atoms with van der Waals surface area (Å²) in [6.45, 7) is 0. The van der Waals surface area contributed by atoms with Crippen molar-refractivity contribution in [3.05, 3.63) is 11.7 Å². The van der Waals surface area contributed by atoms with Crippen molar-refractivity contribution in [2.45, 2.75) is 80.7 Å². The molecule has 20 heavy (non-hydrogen) atoms. The summed E-state index contributed by atoms with van der Waals surface area (Å²) in [7, 11) is 0. The third-order valence-corrected chi connectivity index (χ3v) is 5.99. The van der Waals surface area contributed by atoms with E-state index in [-0.39, 0.29) is 12.0 Å². The summed E-state index contributed by atoms with van der Waals surface area (Å²) in [5.41, 5.74) is 6.18. The van der Waals surface area contributed by atoms with E-state index in [1.54, 1.807) is 0 Å². The molecule has 4 nitrogen and oxygen atoms in total. The quantitative estimate of drug-likeness (QED) is 0.919. The van der Waals surface area contributed by atoms with E-state index in [0.29, 0.717) is 0 Å². The largest absolute Gasteiger partial charge is 0.339 e. The highest BCUT2D eigenvalue weighted by Crippen LogP contribution is 2.32. The van der Waals surface area contributed by atoms with Crippen molar-refractivity contribution < 1.29 is 4.52 Å². The summed E-state index contributed by atoms with van der Waals surface area (Å²) in [6, 6.07) is 0.197. The van der Waals surface area contributed by atoms with Gasteiger partial charge in [-0.2, -0.15) is 16.7 Å². The smallest absolute Gasteiger partial charge is 0.231 e. The fourth-order valence-corrected chi connectivity index (χ4v) is 4.54. The van der Waals surface area contributed by atoms with Gasteiger partial charge in [-0.3, -0.25) is 0 Å². The monoisotopic (exact) mass is 295 g/mol. The molecule has 1 aromatic rings. The number of hydrogen-bond donors (Lipinski definition) is 1. The van der Waals surface area contributed by atoms with Crippen LogP contribution in [0.3, 0.4) is 0 Å². The number of aromatic nitrogens is 2. The average Bonchev–Trinajstić information content (AvgIpc) is 2.95. The SMILES string of the molecule is NC1CCCCC1c1nc(CSC2CCCCC2)no1. The fourth-order valence-electron chi connectivity index (χ4n) is 3.37. The van der Waals surface area contributed by atoms with Gasteiger partial charge < -0.3 is 10.3 Å². The molecule has 5 heteroatoms. The lowest BCUT2D eigenvalue weighted by atomic mass is 9.85. The van der Waals surface area contributed by atoms with Crippen molar-refractivity contribution in [1.82, 2.24) is 10.1 Å². The number of hydrogen-bond acceptors (Lipinski definition) is 5. The van der Waals surface area contributed by atoms with Crippen molar-refractivity contribution in [2.75, 3.05) is 0 Å². The summed E-state index contributed by atoms with van der Waals surface area (Å²) >= 11 is 1.99. The van der Waals surface area contributed by atoms with Gasteiger partial charge in [-0.15, -0.1) is 0 Å². The van der Waals surface area contributed by atoms with Crippen molar-refractivity contribution in [3.8, 4) is 0 Å². The summed E-state index contributed by atoms with van der Waals surface area (Å²) in [5.74, 6) is 2.80. The number of nitrogens with two attached hydrogens (primary N) is 1. The molecule has 3 rings (SSSR count). The van der Waals surface area contributed by atoms with Crippen LogP contribution in [0, 0.1) is 0 Å². The second-order valence-corrected chi connectivity index (χ2v) is 7.46. The zero-order valence-corrected chi connectivity index (χ0v) is 12.9. The first kappa shape index (κ1) is 14.4. The zero-order chi connectivity index (χ0) is 13.8. The number of thioether (sulfide) groups is 1. The van der Waals surface area contributed by atoms with E-state index in [9.17, 15) is 0 Å². The minimum atomic E-state index is 0.197. The van der Waals surface area contributed by atoms with E-state index in [0.717, 1.165) is 35.6 Å². The minimum Gasteiger partial charge on any atom is -0.339 e. The van der Waals surface area contributed by atoms with Crippen LogP contribution >= 0.6 is 11.8 Å². The Balaban J connectivity index is 1.53. The molecule has 2 atom stereocenters. The van der Waals surface area contributed by atoms with Gasteiger partial charge in [0.15, 0.2) is 5.82 Å². The van der Waals surface area contributed by atoms with Crippen LogP contribution in [-0.2, 0) is 5.75 Å². The van der Waals surface area contributed by atoms with Crippen LogP contribution in [0.25, 0.3) is 0 Å². The lowest BCUT2D eigenvalue weighted by molar-refractivity contribution is 0.289. The molecular formula is C15H25N3OS. The van der Waals surface area contributed by atoms with Gasteiger partial charge in [-0.25, -0.2) is 0 Å². The standard InChI is InChI=1S/C15H25N3OS/c16-13-9-5-4-8-12(13)15-17-14(18-19-15)10-20-11-6-2-1-3-7-11/h11-13H,1-10,16H2. The van der Waals surface area contributed by atoms with E-state index in [4.69, 9.17) is 10.3 Å². The first-order valence-corrected chi connectivity index (χ1v) is 9.07.